The molecule has 3 aromatic carbocycles. The Kier molecular flexibility index (Phi) is 7.66. The number of aromatic nitrogens is 3. The van der Waals surface area contributed by atoms with Crippen LogP contribution >= 0.6 is 11.8 Å². The summed E-state index contributed by atoms with van der Waals surface area (Å²) in [6.45, 7) is 3.00. The number of anilines is 1. The van der Waals surface area contributed by atoms with Crippen LogP contribution in [0, 0.1) is 6.92 Å². The normalized spacial score (nSPS) is 10.8. The van der Waals surface area contributed by atoms with Crippen LogP contribution < -0.4 is 10.1 Å². The molecule has 1 amide bonds. The molecule has 5 aromatic rings. The zero-order chi connectivity index (χ0) is 25.5. The number of ether oxygens (including phenoxy) is 1. The van der Waals surface area contributed by atoms with E-state index in [1.165, 1.54) is 11.8 Å². The Balaban J connectivity index is 1.21. The molecule has 0 radical (unpaired) electrons. The summed E-state index contributed by atoms with van der Waals surface area (Å²) in [5.74, 6) is 2.32. The predicted molar refractivity (Wildman–Crippen MR) is 145 cm³/mol. The molecule has 0 aliphatic carbocycles. The molecule has 7 nitrogen and oxygen atoms in total. The van der Waals surface area contributed by atoms with E-state index in [0.717, 1.165) is 34.0 Å². The van der Waals surface area contributed by atoms with Crippen molar-refractivity contribution in [2.45, 2.75) is 25.2 Å². The minimum absolute atomic E-state index is 0.132. The second kappa shape index (κ2) is 11.6. The maximum atomic E-state index is 12.7. The summed E-state index contributed by atoms with van der Waals surface area (Å²) in [7, 11) is 0. The number of carbonyl (C=O) groups is 1. The van der Waals surface area contributed by atoms with Gasteiger partial charge in [-0.1, -0.05) is 65.9 Å². The summed E-state index contributed by atoms with van der Waals surface area (Å²) in [4.78, 5) is 12.7. The Morgan fingerprint density at radius 1 is 0.973 bits per heavy atom. The number of benzene rings is 3. The van der Waals surface area contributed by atoms with E-state index in [9.17, 15) is 4.79 Å². The Hall–Kier alpha value is -4.30. The fraction of sp³-hybridized carbons (Fsp3) is 0.138. The monoisotopic (exact) mass is 510 g/mol. The van der Waals surface area contributed by atoms with Crippen LogP contribution in [0.2, 0.25) is 0 Å². The quantitative estimate of drug-likeness (QED) is 0.225. The molecular formula is C29H26N4O3S. The van der Waals surface area contributed by atoms with Crippen molar-refractivity contribution in [1.29, 1.82) is 0 Å². The van der Waals surface area contributed by atoms with Crippen LogP contribution in [-0.2, 0) is 17.9 Å². The highest BCUT2D eigenvalue weighted by atomic mass is 32.2. The maximum absolute atomic E-state index is 12.7. The summed E-state index contributed by atoms with van der Waals surface area (Å²) in [5, 5.41) is 12.4. The van der Waals surface area contributed by atoms with E-state index in [0.29, 0.717) is 24.0 Å². The van der Waals surface area contributed by atoms with Gasteiger partial charge in [0.1, 0.15) is 18.1 Å². The van der Waals surface area contributed by atoms with E-state index < -0.39 is 0 Å². The fourth-order valence-electron chi connectivity index (χ4n) is 3.80. The van der Waals surface area contributed by atoms with Crippen LogP contribution in [0.4, 0.5) is 5.69 Å². The highest BCUT2D eigenvalue weighted by Gasteiger charge is 2.17. The molecule has 5 rings (SSSR count). The lowest BCUT2D eigenvalue weighted by molar-refractivity contribution is -0.113. The third-order valence-electron chi connectivity index (χ3n) is 5.61. The van der Waals surface area contributed by atoms with Crippen LogP contribution in [-0.4, -0.2) is 26.4 Å². The van der Waals surface area contributed by atoms with E-state index in [4.69, 9.17) is 9.15 Å². The number of hydrogen-bond donors (Lipinski definition) is 1. The van der Waals surface area contributed by atoms with Gasteiger partial charge in [-0.05, 0) is 55.0 Å². The fourth-order valence-corrected chi connectivity index (χ4v) is 4.53. The predicted octanol–water partition coefficient (Wildman–Crippen LogP) is 6.20. The largest absolute Gasteiger partial charge is 0.489 e. The van der Waals surface area contributed by atoms with Crippen molar-refractivity contribution in [3.8, 4) is 17.1 Å². The topological polar surface area (TPSA) is 82.2 Å². The van der Waals surface area contributed by atoms with Gasteiger partial charge in [0.2, 0.25) is 5.91 Å². The zero-order valence-electron chi connectivity index (χ0n) is 20.3. The smallest absolute Gasteiger partial charge is 0.234 e. The van der Waals surface area contributed by atoms with E-state index in [1.54, 1.807) is 6.26 Å². The first-order chi connectivity index (χ1) is 18.1. The second-order valence-corrected chi connectivity index (χ2v) is 9.42. The van der Waals surface area contributed by atoms with Crippen molar-refractivity contribution in [2.24, 2.45) is 0 Å². The first-order valence-electron chi connectivity index (χ1n) is 11.9. The SMILES string of the molecule is Cc1cccc(-c2nnc(SCC(=O)Nc3ccc(OCc4ccccc4)cc3)n2Cc2ccco2)c1. The number of thioether (sulfide) groups is 1. The van der Waals surface area contributed by atoms with Gasteiger partial charge in [-0.15, -0.1) is 10.2 Å². The molecule has 1 N–H and O–H groups in total. The van der Waals surface area contributed by atoms with E-state index in [2.05, 4.69) is 21.6 Å². The molecule has 0 spiro atoms. The Morgan fingerprint density at radius 3 is 2.57 bits per heavy atom. The first kappa shape index (κ1) is 24.4. The van der Waals surface area contributed by atoms with Crippen molar-refractivity contribution in [3.05, 3.63) is 114 Å². The number of rotatable bonds is 10. The summed E-state index contributed by atoms with van der Waals surface area (Å²) in [5.41, 5.74) is 3.90. The van der Waals surface area contributed by atoms with E-state index in [1.807, 2.05) is 96.4 Å². The van der Waals surface area contributed by atoms with Crippen molar-refractivity contribution in [3.63, 3.8) is 0 Å². The molecule has 0 bridgehead atoms. The molecule has 0 fully saturated rings. The summed E-state index contributed by atoms with van der Waals surface area (Å²) < 4.78 is 13.4. The minimum Gasteiger partial charge on any atom is -0.489 e. The van der Waals surface area contributed by atoms with Gasteiger partial charge in [0.25, 0.3) is 0 Å². The number of amides is 1. The van der Waals surface area contributed by atoms with Crippen LogP contribution in [0.3, 0.4) is 0 Å². The lowest BCUT2D eigenvalue weighted by Crippen LogP contribution is -2.14. The van der Waals surface area contributed by atoms with Gasteiger partial charge in [-0.25, -0.2) is 0 Å². The molecule has 0 unspecified atom stereocenters. The minimum atomic E-state index is -0.132. The molecule has 2 aromatic heterocycles. The third-order valence-corrected chi connectivity index (χ3v) is 6.57. The highest BCUT2D eigenvalue weighted by Crippen LogP contribution is 2.26. The van der Waals surface area contributed by atoms with Crippen molar-refractivity contribution >= 4 is 23.4 Å². The van der Waals surface area contributed by atoms with Crippen LogP contribution in [0.15, 0.2) is 107 Å². The van der Waals surface area contributed by atoms with Crippen molar-refractivity contribution < 1.29 is 13.9 Å². The number of nitrogens with zero attached hydrogens (tertiary/aromatic N) is 3. The number of aryl methyl sites for hydroxylation is 1. The number of hydrogen-bond acceptors (Lipinski definition) is 6. The lowest BCUT2D eigenvalue weighted by atomic mass is 10.1. The Morgan fingerprint density at radius 2 is 1.81 bits per heavy atom. The zero-order valence-corrected chi connectivity index (χ0v) is 21.2. The molecule has 0 aliphatic heterocycles. The number of carbonyl (C=O) groups excluding carboxylic acids is 1. The molecule has 8 heteroatoms. The molecule has 37 heavy (non-hydrogen) atoms. The third kappa shape index (κ3) is 6.48. The average molecular weight is 511 g/mol. The van der Waals surface area contributed by atoms with Crippen molar-refractivity contribution in [1.82, 2.24) is 14.8 Å². The number of furan rings is 1. The lowest BCUT2D eigenvalue weighted by Gasteiger charge is -2.10. The molecule has 0 atom stereocenters. The first-order valence-corrected chi connectivity index (χ1v) is 12.8. The standard InChI is InChI=1S/C29H26N4O3S/c1-21-7-5-10-23(17-21)28-31-32-29(33(28)18-26-11-6-16-35-26)37-20-27(34)30-24-12-14-25(15-13-24)36-19-22-8-3-2-4-9-22/h2-17H,18-20H2,1H3,(H,30,34). The van der Waals surface area contributed by atoms with Gasteiger partial charge in [-0.2, -0.15) is 0 Å². The van der Waals surface area contributed by atoms with Crippen molar-refractivity contribution in [2.75, 3.05) is 11.1 Å². The van der Waals surface area contributed by atoms with Crippen LogP contribution in [0.5, 0.6) is 5.75 Å². The summed E-state index contributed by atoms with van der Waals surface area (Å²) in [6, 6.07) is 29.2. The number of nitrogens with one attached hydrogen (secondary N) is 1. The van der Waals surface area contributed by atoms with Gasteiger partial charge >= 0.3 is 0 Å². The molecule has 0 aliphatic rings. The molecule has 2 heterocycles. The molecule has 0 saturated heterocycles. The van der Waals surface area contributed by atoms with Gasteiger partial charge in [0.15, 0.2) is 11.0 Å². The Labute approximate surface area is 219 Å². The average Bonchev–Trinajstić information content (AvgIpc) is 3.58. The Bertz CT molecular complexity index is 1450. The van der Waals surface area contributed by atoms with E-state index in [-0.39, 0.29) is 11.7 Å². The maximum Gasteiger partial charge on any atom is 0.234 e. The summed E-state index contributed by atoms with van der Waals surface area (Å²) >= 11 is 1.34. The molecular weight excluding hydrogens is 484 g/mol. The van der Waals surface area contributed by atoms with Gasteiger partial charge < -0.3 is 14.5 Å². The van der Waals surface area contributed by atoms with Gasteiger partial charge in [-0.3, -0.25) is 9.36 Å². The van der Waals surface area contributed by atoms with Gasteiger partial charge in [0, 0.05) is 11.3 Å². The van der Waals surface area contributed by atoms with Crippen LogP contribution in [0.1, 0.15) is 16.9 Å². The molecule has 186 valence electrons. The summed E-state index contributed by atoms with van der Waals surface area (Å²) in [6.07, 6.45) is 1.64. The van der Waals surface area contributed by atoms with Crippen LogP contribution in [0.25, 0.3) is 11.4 Å². The second-order valence-electron chi connectivity index (χ2n) is 8.48. The van der Waals surface area contributed by atoms with E-state index >= 15 is 0 Å². The highest BCUT2D eigenvalue weighted by molar-refractivity contribution is 7.99. The molecule has 0 saturated carbocycles. The van der Waals surface area contributed by atoms with Gasteiger partial charge in [0.05, 0.1) is 18.6 Å².